The second kappa shape index (κ2) is 7.49. The summed E-state index contributed by atoms with van der Waals surface area (Å²) in [6.45, 7) is 2.85. The molecule has 21 heavy (non-hydrogen) atoms. The molecule has 1 aromatic rings. The van der Waals surface area contributed by atoms with Crippen LogP contribution in [0.25, 0.3) is 0 Å². The van der Waals surface area contributed by atoms with Gasteiger partial charge in [0.15, 0.2) is 0 Å². The number of hydrogen-bond acceptors (Lipinski definition) is 3. The van der Waals surface area contributed by atoms with Crippen LogP contribution in [0.1, 0.15) is 19.8 Å². The van der Waals surface area contributed by atoms with E-state index in [2.05, 4.69) is 6.92 Å². The molecule has 2 rings (SSSR count). The Morgan fingerprint density at radius 2 is 1.90 bits per heavy atom. The fraction of sp³-hybridized carbons (Fsp3) is 0.538. The van der Waals surface area contributed by atoms with E-state index in [0.717, 1.165) is 12.8 Å². The number of piperidine rings is 1. The number of nitrogens with zero attached hydrogens (tertiary/aromatic N) is 1. The van der Waals surface area contributed by atoms with Crippen molar-refractivity contribution in [3.63, 3.8) is 0 Å². The van der Waals surface area contributed by atoms with E-state index >= 15 is 0 Å². The predicted octanol–water partition coefficient (Wildman–Crippen LogP) is 3.16. The molecule has 0 spiro atoms. The first kappa shape index (κ1) is 19.0. The Morgan fingerprint density at radius 1 is 1.33 bits per heavy atom. The lowest BCUT2D eigenvalue weighted by Crippen LogP contribution is -2.49. The maximum absolute atomic E-state index is 12.8. The summed E-state index contributed by atoms with van der Waals surface area (Å²) < 4.78 is 27.1. The third kappa shape index (κ3) is 3.84. The molecular formula is C13H19Cl3N2O2S. The van der Waals surface area contributed by atoms with Crippen molar-refractivity contribution in [2.24, 2.45) is 11.7 Å². The van der Waals surface area contributed by atoms with E-state index in [0.29, 0.717) is 19.0 Å². The van der Waals surface area contributed by atoms with E-state index < -0.39 is 10.0 Å². The van der Waals surface area contributed by atoms with E-state index in [-0.39, 0.29) is 33.4 Å². The number of rotatable bonds is 3. The van der Waals surface area contributed by atoms with E-state index in [1.165, 1.54) is 16.4 Å². The highest BCUT2D eigenvalue weighted by molar-refractivity contribution is 7.89. The van der Waals surface area contributed by atoms with Gasteiger partial charge in [0, 0.05) is 19.1 Å². The maximum Gasteiger partial charge on any atom is 0.246 e. The molecule has 1 saturated heterocycles. The average Bonchev–Trinajstić information content (AvgIpc) is 2.37. The monoisotopic (exact) mass is 372 g/mol. The zero-order chi connectivity index (χ0) is 14.9. The van der Waals surface area contributed by atoms with Gasteiger partial charge in [-0.3, -0.25) is 0 Å². The van der Waals surface area contributed by atoms with Crippen molar-refractivity contribution in [3.05, 3.63) is 28.2 Å². The van der Waals surface area contributed by atoms with E-state index in [1.54, 1.807) is 6.07 Å². The summed E-state index contributed by atoms with van der Waals surface area (Å²) in [7, 11) is -3.72. The molecule has 1 aromatic carbocycles. The van der Waals surface area contributed by atoms with Gasteiger partial charge < -0.3 is 5.73 Å². The van der Waals surface area contributed by atoms with Gasteiger partial charge in [-0.05, 0) is 30.9 Å². The quantitative estimate of drug-likeness (QED) is 0.885. The second-order valence-corrected chi connectivity index (χ2v) is 7.83. The number of hydrogen-bond donors (Lipinski definition) is 1. The van der Waals surface area contributed by atoms with Crippen LogP contribution in [0.4, 0.5) is 0 Å². The van der Waals surface area contributed by atoms with Crippen LogP contribution >= 0.6 is 35.6 Å². The highest BCUT2D eigenvalue weighted by atomic mass is 35.5. The van der Waals surface area contributed by atoms with E-state index in [1.807, 2.05) is 0 Å². The van der Waals surface area contributed by atoms with Gasteiger partial charge in [-0.15, -0.1) is 12.4 Å². The van der Waals surface area contributed by atoms with Crippen LogP contribution in [0.3, 0.4) is 0 Å². The number of sulfonamides is 1. The Kier molecular flexibility index (Phi) is 6.78. The third-order valence-corrected chi connectivity index (χ3v) is 6.59. The van der Waals surface area contributed by atoms with Crippen molar-refractivity contribution in [1.82, 2.24) is 4.31 Å². The van der Waals surface area contributed by atoms with E-state index in [9.17, 15) is 8.42 Å². The smallest absolute Gasteiger partial charge is 0.246 e. The third-order valence-electron chi connectivity index (χ3n) is 3.68. The zero-order valence-electron chi connectivity index (χ0n) is 11.6. The lowest BCUT2D eigenvalue weighted by molar-refractivity contribution is 0.211. The Bertz CT molecular complexity index is 575. The molecule has 0 saturated carbocycles. The van der Waals surface area contributed by atoms with Gasteiger partial charge in [-0.25, -0.2) is 8.42 Å². The molecule has 0 aromatic heterocycles. The molecule has 2 atom stereocenters. The van der Waals surface area contributed by atoms with Crippen LogP contribution in [0.2, 0.25) is 10.0 Å². The Labute approximate surface area is 142 Å². The van der Waals surface area contributed by atoms with Crippen LogP contribution in [-0.2, 0) is 10.0 Å². The maximum atomic E-state index is 12.8. The summed E-state index contributed by atoms with van der Waals surface area (Å²) in [5.74, 6) is 0.469. The summed E-state index contributed by atoms with van der Waals surface area (Å²) in [4.78, 5) is -0.0173. The van der Waals surface area contributed by atoms with Gasteiger partial charge in [0.25, 0.3) is 0 Å². The summed E-state index contributed by atoms with van der Waals surface area (Å²) >= 11 is 12.1. The summed E-state index contributed by atoms with van der Waals surface area (Å²) in [5, 5.41) is 0.291. The van der Waals surface area contributed by atoms with Crippen molar-refractivity contribution in [2.45, 2.75) is 30.7 Å². The molecule has 2 unspecified atom stereocenters. The standard InChI is InChI=1S/C13H18Cl2N2O2S.ClH/c1-9-5-6-17(10(7-9)8-16)20(18,19)13-11(14)3-2-4-12(13)15;/h2-4,9-10H,5-8,16H2,1H3;1H. The normalized spacial score (nSPS) is 23.6. The van der Waals surface area contributed by atoms with Gasteiger partial charge in [-0.1, -0.05) is 36.2 Å². The van der Waals surface area contributed by atoms with Gasteiger partial charge >= 0.3 is 0 Å². The van der Waals surface area contributed by atoms with Crippen molar-refractivity contribution in [2.75, 3.05) is 13.1 Å². The molecule has 1 fully saturated rings. The molecule has 1 heterocycles. The van der Waals surface area contributed by atoms with Crippen molar-refractivity contribution < 1.29 is 8.42 Å². The van der Waals surface area contributed by atoms with Crippen LogP contribution in [0.15, 0.2) is 23.1 Å². The molecule has 4 nitrogen and oxygen atoms in total. The molecule has 0 aliphatic carbocycles. The molecule has 1 aliphatic rings. The van der Waals surface area contributed by atoms with Crippen molar-refractivity contribution in [3.8, 4) is 0 Å². The topological polar surface area (TPSA) is 63.4 Å². The minimum Gasteiger partial charge on any atom is -0.329 e. The molecule has 0 radical (unpaired) electrons. The minimum absolute atomic E-state index is 0. The first-order valence-corrected chi connectivity index (χ1v) is 8.73. The summed E-state index contributed by atoms with van der Waals surface area (Å²) in [5.41, 5.74) is 5.73. The van der Waals surface area contributed by atoms with Gasteiger partial charge in [-0.2, -0.15) is 4.31 Å². The Morgan fingerprint density at radius 3 is 2.43 bits per heavy atom. The number of halogens is 3. The fourth-order valence-corrected chi connectivity index (χ4v) is 5.36. The lowest BCUT2D eigenvalue weighted by atomic mass is 9.94. The zero-order valence-corrected chi connectivity index (χ0v) is 14.8. The van der Waals surface area contributed by atoms with Gasteiger partial charge in [0.2, 0.25) is 10.0 Å². The predicted molar refractivity (Wildman–Crippen MR) is 88.8 cm³/mol. The molecule has 120 valence electrons. The largest absolute Gasteiger partial charge is 0.329 e. The van der Waals surface area contributed by atoms with Crippen LogP contribution in [0.5, 0.6) is 0 Å². The SMILES string of the molecule is CC1CCN(S(=O)(=O)c2c(Cl)cccc2Cl)C(CN)C1.Cl. The van der Waals surface area contributed by atoms with Crippen molar-refractivity contribution in [1.29, 1.82) is 0 Å². The molecule has 0 bridgehead atoms. The van der Waals surface area contributed by atoms with Crippen LogP contribution in [-0.4, -0.2) is 31.9 Å². The highest BCUT2D eigenvalue weighted by Crippen LogP contribution is 2.35. The highest BCUT2D eigenvalue weighted by Gasteiger charge is 2.37. The molecule has 1 aliphatic heterocycles. The summed E-state index contributed by atoms with van der Waals surface area (Å²) in [6.07, 6.45) is 1.58. The molecular weight excluding hydrogens is 355 g/mol. The number of benzene rings is 1. The number of nitrogens with two attached hydrogens (primary N) is 1. The van der Waals surface area contributed by atoms with Gasteiger partial charge in [0.1, 0.15) is 4.90 Å². The average molecular weight is 374 g/mol. The van der Waals surface area contributed by atoms with Crippen LogP contribution < -0.4 is 5.73 Å². The van der Waals surface area contributed by atoms with E-state index in [4.69, 9.17) is 28.9 Å². The Balaban J connectivity index is 0.00000220. The van der Waals surface area contributed by atoms with Crippen molar-refractivity contribution >= 4 is 45.6 Å². The second-order valence-electron chi connectivity index (χ2n) is 5.19. The Hall–Kier alpha value is -0.0400. The van der Waals surface area contributed by atoms with Crippen LogP contribution in [0, 0.1) is 5.92 Å². The van der Waals surface area contributed by atoms with Gasteiger partial charge in [0.05, 0.1) is 10.0 Å². The lowest BCUT2D eigenvalue weighted by Gasteiger charge is -2.37. The fourth-order valence-electron chi connectivity index (χ4n) is 2.61. The molecule has 2 N–H and O–H groups in total. The molecule has 8 heteroatoms. The molecule has 0 amide bonds. The minimum atomic E-state index is -3.72. The first-order valence-electron chi connectivity index (χ1n) is 6.54. The summed E-state index contributed by atoms with van der Waals surface area (Å²) in [6, 6.07) is 4.49. The first-order chi connectivity index (χ1) is 9.37.